The Balaban J connectivity index is 1.66. The molecule has 0 N–H and O–H groups in total. The van der Waals surface area contributed by atoms with E-state index < -0.39 is 17.3 Å². The molecule has 32 heavy (non-hydrogen) atoms. The number of hydrogen-bond donors (Lipinski definition) is 0. The van der Waals surface area contributed by atoms with Crippen LogP contribution in [-0.4, -0.2) is 62.6 Å². The van der Waals surface area contributed by atoms with Crippen molar-refractivity contribution in [3.8, 4) is 0 Å². The SMILES string of the molecule is CC(C)N1CC(=O)N(Cc2ccc(C(F)(F)F)cc2)C2(CCN(c3cnn(C)c3)C2)C1=O. The molecule has 7 nitrogen and oxygen atoms in total. The Bertz CT molecular complexity index is 1020. The number of amides is 2. The van der Waals surface area contributed by atoms with Crippen molar-refractivity contribution in [3.63, 3.8) is 0 Å². The molecule has 2 aromatic rings. The predicted octanol–water partition coefficient (Wildman–Crippen LogP) is 2.67. The molecule has 2 amide bonds. The van der Waals surface area contributed by atoms with E-state index in [1.54, 1.807) is 20.7 Å². The van der Waals surface area contributed by atoms with Gasteiger partial charge in [0.15, 0.2) is 0 Å². The third kappa shape index (κ3) is 3.82. The molecule has 2 aliphatic heterocycles. The molecule has 2 saturated heterocycles. The van der Waals surface area contributed by atoms with Gasteiger partial charge in [-0.1, -0.05) is 12.1 Å². The molecule has 0 radical (unpaired) electrons. The van der Waals surface area contributed by atoms with Crippen LogP contribution in [0.5, 0.6) is 0 Å². The first-order valence-corrected chi connectivity index (χ1v) is 10.5. The van der Waals surface area contributed by atoms with Crippen molar-refractivity contribution in [1.29, 1.82) is 0 Å². The summed E-state index contributed by atoms with van der Waals surface area (Å²) in [5, 5.41) is 4.19. The third-order valence-electron chi connectivity index (χ3n) is 6.33. The maximum Gasteiger partial charge on any atom is 0.416 e. The lowest BCUT2D eigenvalue weighted by molar-refractivity contribution is -0.166. The fraction of sp³-hybridized carbons (Fsp3) is 0.500. The van der Waals surface area contributed by atoms with Gasteiger partial charge < -0.3 is 14.7 Å². The van der Waals surface area contributed by atoms with E-state index in [0.29, 0.717) is 25.1 Å². The minimum atomic E-state index is -4.43. The predicted molar refractivity (Wildman–Crippen MR) is 112 cm³/mol. The van der Waals surface area contributed by atoms with E-state index in [9.17, 15) is 22.8 Å². The molecular weight excluding hydrogens is 423 g/mol. The van der Waals surface area contributed by atoms with E-state index in [2.05, 4.69) is 5.10 Å². The topological polar surface area (TPSA) is 61.7 Å². The maximum atomic E-state index is 13.6. The number of benzene rings is 1. The van der Waals surface area contributed by atoms with E-state index in [1.165, 1.54) is 12.1 Å². The summed E-state index contributed by atoms with van der Waals surface area (Å²) >= 11 is 0. The molecule has 10 heteroatoms. The van der Waals surface area contributed by atoms with Gasteiger partial charge in [0.1, 0.15) is 12.1 Å². The number of carbonyl (C=O) groups excluding carboxylic acids is 2. The van der Waals surface area contributed by atoms with E-state index >= 15 is 0 Å². The average Bonchev–Trinajstić information content (AvgIpc) is 3.35. The van der Waals surface area contributed by atoms with Gasteiger partial charge >= 0.3 is 6.18 Å². The van der Waals surface area contributed by atoms with Crippen LogP contribution in [0.25, 0.3) is 0 Å². The highest BCUT2D eigenvalue weighted by Gasteiger charge is 2.56. The van der Waals surface area contributed by atoms with Crippen molar-refractivity contribution >= 4 is 17.5 Å². The van der Waals surface area contributed by atoms with Crippen LogP contribution in [0.15, 0.2) is 36.7 Å². The van der Waals surface area contributed by atoms with Crippen molar-refractivity contribution in [3.05, 3.63) is 47.8 Å². The Morgan fingerprint density at radius 3 is 2.41 bits per heavy atom. The number of piperazine rings is 1. The number of aryl methyl sites for hydroxylation is 1. The maximum absolute atomic E-state index is 13.6. The molecule has 3 heterocycles. The third-order valence-corrected chi connectivity index (χ3v) is 6.33. The van der Waals surface area contributed by atoms with Crippen molar-refractivity contribution in [2.45, 2.75) is 44.6 Å². The number of hydrogen-bond acceptors (Lipinski definition) is 4. The lowest BCUT2D eigenvalue weighted by atomic mass is 9.89. The second-order valence-electron chi connectivity index (χ2n) is 8.78. The normalized spacial score (nSPS) is 22.0. The summed E-state index contributed by atoms with van der Waals surface area (Å²) in [5.74, 6) is -0.323. The van der Waals surface area contributed by atoms with Crippen LogP contribution >= 0.6 is 0 Å². The summed E-state index contributed by atoms with van der Waals surface area (Å²) in [5.41, 5.74) is -0.401. The number of aromatic nitrogens is 2. The Hall–Kier alpha value is -3.04. The number of anilines is 1. The Morgan fingerprint density at radius 1 is 1.16 bits per heavy atom. The quantitative estimate of drug-likeness (QED) is 0.720. The lowest BCUT2D eigenvalue weighted by Crippen LogP contribution is -2.69. The van der Waals surface area contributed by atoms with Crippen LogP contribution in [0.1, 0.15) is 31.4 Å². The van der Waals surface area contributed by atoms with Gasteiger partial charge in [0.25, 0.3) is 5.91 Å². The summed E-state index contributed by atoms with van der Waals surface area (Å²) in [7, 11) is 1.81. The number of halogens is 3. The zero-order chi connectivity index (χ0) is 23.3. The van der Waals surface area contributed by atoms with Gasteiger partial charge in [0, 0.05) is 32.4 Å². The molecule has 1 spiro atoms. The van der Waals surface area contributed by atoms with Crippen LogP contribution in [-0.2, 0) is 29.4 Å². The first-order valence-electron chi connectivity index (χ1n) is 10.5. The molecule has 1 aromatic carbocycles. The monoisotopic (exact) mass is 449 g/mol. The second kappa shape index (κ2) is 7.83. The Labute approximate surface area is 184 Å². The number of rotatable bonds is 4. The molecule has 172 valence electrons. The number of carbonyl (C=O) groups is 2. The van der Waals surface area contributed by atoms with Crippen LogP contribution < -0.4 is 4.90 Å². The minimum Gasteiger partial charge on any atom is -0.366 e. The summed E-state index contributed by atoms with van der Waals surface area (Å²) in [6.45, 7) is 4.67. The summed E-state index contributed by atoms with van der Waals surface area (Å²) < 4.78 is 40.5. The van der Waals surface area contributed by atoms with E-state index in [4.69, 9.17) is 0 Å². The first kappa shape index (κ1) is 22.2. The average molecular weight is 449 g/mol. The standard InChI is InChI=1S/C22H26F3N5O2/c1-15(2)29-13-19(31)30(11-16-4-6-17(7-5-16)22(23,24)25)21(20(29)32)8-9-28(14-21)18-10-26-27(3)12-18/h4-7,10,12,15H,8-9,11,13-14H2,1-3H3. The molecule has 0 saturated carbocycles. The molecule has 2 aliphatic rings. The largest absolute Gasteiger partial charge is 0.416 e. The van der Waals surface area contributed by atoms with Gasteiger partial charge in [-0.2, -0.15) is 18.3 Å². The molecule has 1 unspecified atom stereocenters. The van der Waals surface area contributed by atoms with Crippen molar-refractivity contribution in [1.82, 2.24) is 19.6 Å². The lowest BCUT2D eigenvalue weighted by Gasteiger charge is -2.48. The van der Waals surface area contributed by atoms with Gasteiger partial charge in [-0.05, 0) is 38.0 Å². The molecule has 0 bridgehead atoms. The Kier molecular flexibility index (Phi) is 5.42. The highest BCUT2D eigenvalue weighted by Crippen LogP contribution is 2.38. The molecule has 0 aliphatic carbocycles. The van der Waals surface area contributed by atoms with Gasteiger partial charge in [0.2, 0.25) is 5.91 Å². The van der Waals surface area contributed by atoms with E-state index in [0.717, 1.165) is 17.8 Å². The molecule has 1 atom stereocenters. The molecular formula is C22H26F3N5O2. The zero-order valence-corrected chi connectivity index (χ0v) is 18.3. The van der Waals surface area contributed by atoms with Gasteiger partial charge in [-0.25, -0.2) is 0 Å². The fourth-order valence-electron chi connectivity index (χ4n) is 4.54. The molecule has 4 rings (SSSR count). The van der Waals surface area contributed by atoms with Crippen LogP contribution in [0, 0.1) is 0 Å². The minimum absolute atomic E-state index is 0.0359. The van der Waals surface area contributed by atoms with Gasteiger partial charge in [0.05, 0.1) is 24.0 Å². The second-order valence-corrected chi connectivity index (χ2v) is 8.78. The summed E-state index contributed by atoms with van der Waals surface area (Å²) in [6.07, 6.45) is -0.413. The summed E-state index contributed by atoms with van der Waals surface area (Å²) in [6, 6.07) is 4.63. The van der Waals surface area contributed by atoms with Crippen LogP contribution in [0.2, 0.25) is 0 Å². The highest BCUT2D eigenvalue weighted by atomic mass is 19.4. The highest BCUT2D eigenvalue weighted by molar-refractivity contribution is 5.99. The fourth-order valence-corrected chi connectivity index (χ4v) is 4.54. The number of nitrogens with zero attached hydrogens (tertiary/aromatic N) is 5. The van der Waals surface area contributed by atoms with Crippen molar-refractivity contribution in [2.24, 2.45) is 7.05 Å². The van der Waals surface area contributed by atoms with E-state index in [1.807, 2.05) is 32.0 Å². The number of alkyl halides is 3. The van der Waals surface area contributed by atoms with Crippen LogP contribution in [0.4, 0.5) is 18.9 Å². The summed E-state index contributed by atoms with van der Waals surface area (Å²) in [4.78, 5) is 32.0. The van der Waals surface area contributed by atoms with Gasteiger partial charge in [-0.15, -0.1) is 0 Å². The molecule has 1 aromatic heterocycles. The van der Waals surface area contributed by atoms with Crippen molar-refractivity contribution < 1.29 is 22.8 Å². The van der Waals surface area contributed by atoms with Crippen molar-refractivity contribution in [2.75, 3.05) is 24.5 Å². The smallest absolute Gasteiger partial charge is 0.366 e. The van der Waals surface area contributed by atoms with Crippen LogP contribution in [0.3, 0.4) is 0 Å². The zero-order valence-electron chi connectivity index (χ0n) is 18.3. The Morgan fingerprint density at radius 2 is 1.84 bits per heavy atom. The first-order chi connectivity index (χ1) is 15.0. The van der Waals surface area contributed by atoms with E-state index in [-0.39, 0.29) is 30.9 Å². The van der Waals surface area contributed by atoms with Gasteiger partial charge in [-0.3, -0.25) is 14.3 Å². The molecule has 2 fully saturated rings.